The zero-order valence-corrected chi connectivity index (χ0v) is 15.5. The first-order chi connectivity index (χ1) is 13.4. The van der Waals surface area contributed by atoms with Gasteiger partial charge in [0, 0.05) is 30.7 Å². The Kier molecular flexibility index (Phi) is 5.39. The number of fused-ring (bicyclic) bond motifs is 1. The molecule has 1 aromatic carbocycles. The summed E-state index contributed by atoms with van der Waals surface area (Å²) in [6, 6.07) is 3.75. The highest BCUT2D eigenvalue weighted by atomic mass is 19.1. The minimum absolute atomic E-state index is 0.202. The summed E-state index contributed by atoms with van der Waals surface area (Å²) in [6.45, 7) is 3.48. The molecule has 0 spiro atoms. The van der Waals surface area contributed by atoms with Crippen molar-refractivity contribution in [2.24, 2.45) is 0 Å². The van der Waals surface area contributed by atoms with Gasteiger partial charge in [0.2, 0.25) is 5.78 Å². The average Bonchev–Trinajstić information content (AvgIpc) is 3.05. The molecule has 3 aromatic rings. The molecule has 0 fully saturated rings. The number of hydrogen-bond acceptors (Lipinski definition) is 5. The molecule has 0 saturated heterocycles. The third-order valence-corrected chi connectivity index (χ3v) is 3.63. The summed E-state index contributed by atoms with van der Waals surface area (Å²) in [7, 11) is 1.48. The number of anilines is 2. The van der Waals surface area contributed by atoms with Gasteiger partial charge in [-0.25, -0.2) is 23.9 Å². The van der Waals surface area contributed by atoms with Gasteiger partial charge in [0.05, 0.1) is 23.7 Å². The number of ether oxygens (including phenoxy) is 1. The Labute approximate surface area is 159 Å². The second-order valence-corrected chi connectivity index (χ2v) is 6.15. The zero-order chi connectivity index (χ0) is 20.3. The number of rotatable bonds is 4. The van der Waals surface area contributed by atoms with Gasteiger partial charge in [-0.3, -0.25) is 9.72 Å². The van der Waals surface area contributed by atoms with Gasteiger partial charge in [-0.15, -0.1) is 0 Å². The zero-order valence-electron chi connectivity index (χ0n) is 15.5. The van der Waals surface area contributed by atoms with Crippen LogP contribution >= 0.6 is 0 Å². The molecule has 2 aromatic heterocycles. The Bertz CT molecular complexity index is 1030. The fraction of sp³-hybridized carbons (Fsp3) is 0.222. The summed E-state index contributed by atoms with van der Waals surface area (Å²) < 4.78 is 20.9. The van der Waals surface area contributed by atoms with Crippen LogP contribution in [0.5, 0.6) is 0 Å². The van der Waals surface area contributed by atoms with Crippen LogP contribution in [0.4, 0.5) is 25.4 Å². The van der Waals surface area contributed by atoms with Crippen LogP contribution in [0.1, 0.15) is 13.8 Å². The SMILES string of the molecule is CNC(=O)Nc1ccc(F)c(-c2cn3cc(NC(=O)OC(C)C)cnc3n2)c1. The van der Waals surface area contributed by atoms with E-state index in [-0.39, 0.29) is 11.7 Å². The molecular formula is C18H19FN6O3. The number of aromatic nitrogens is 3. The van der Waals surface area contributed by atoms with Crippen LogP contribution in [0.25, 0.3) is 17.0 Å². The molecule has 0 unspecified atom stereocenters. The number of nitrogens with one attached hydrogen (secondary N) is 3. The number of halogens is 1. The number of carbonyl (C=O) groups excluding carboxylic acids is 2. The van der Waals surface area contributed by atoms with Crippen molar-refractivity contribution in [3.05, 3.63) is 42.6 Å². The molecule has 0 saturated carbocycles. The highest BCUT2D eigenvalue weighted by Gasteiger charge is 2.13. The Hall–Kier alpha value is -3.69. The van der Waals surface area contributed by atoms with Crippen LogP contribution in [0.15, 0.2) is 36.8 Å². The minimum atomic E-state index is -0.601. The van der Waals surface area contributed by atoms with E-state index < -0.39 is 17.9 Å². The summed E-state index contributed by atoms with van der Waals surface area (Å²) >= 11 is 0. The number of benzene rings is 1. The first-order valence-corrected chi connectivity index (χ1v) is 8.46. The molecule has 146 valence electrons. The number of carbonyl (C=O) groups is 2. The summed E-state index contributed by atoms with van der Waals surface area (Å²) in [5.74, 6) is -0.174. The molecule has 0 aliphatic carbocycles. The summed E-state index contributed by atoms with van der Waals surface area (Å²) in [4.78, 5) is 31.6. The molecule has 3 amide bonds. The maximum atomic E-state index is 14.3. The van der Waals surface area contributed by atoms with Crippen LogP contribution < -0.4 is 16.0 Å². The second-order valence-electron chi connectivity index (χ2n) is 6.15. The summed E-state index contributed by atoms with van der Waals surface area (Å²) in [5, 5.41) is 7.57. The van der Waals surface area contributed by atoms with Crippen molar-refractivity contribution in [2.75, 3.05) is 17.7 Å². The van der Waals surface area contributed by atoms with Gasteiger partial charge in [0.15, 0.2) is 0 Å². The van der Waals surface area contributed by atoms with E-state index in [1.807, 2.05) is 0 Å². The van der Waals surface area contributed by atoms with Crippen LogP contribution in [-0.4, -0.2) is 39.6 Å². The first kappa shape index (κ1) is 19.1. The predicted molar refractivity (Wildman–Crippen MR) is 102 cm³/mol. The fourth-order valence-electron chi connectivity index (χ4n) is 2.43. The van der Waals surface area contributed by atoms with E-state index in [0.717, 1.165) is 0 Å². The smallest absolute Gasteiger partial charge is 0.411 e. The molecule has 2 heterocycles. The number of urea groups is 1. The summed E-state index contributed by atoms with van der Waals surface area (Å²) in [6.07, 6.45) is 3.73. The lowest BCUT2D eigenvalue weighted by atomic mass is 10.1. The molecule has 28 heavy (non-hydrogen) atoms. The molecule has 0 aliphatic heterocycles. The van der Waals surface area contributed by atoms with Crippen LogP contribution in [-0.2, 0) is 4.74 Å². The van der Waals surface area contributed by atoms with Crippen molar-refractivity contribution < 1.29 is 18.7 Å². The van der Waals surface area contributed by atoms with Crippen molar-refractivity contribution in [1.29, 1.82) is 0 Å². The van der Waals surface area contributed by atoms with Gasteiger partial charge < -0.3 is 15.4 Å². The van der Waals surface area contributed by atoms with E-state index in [0.29, 0.717) is 22.8 Å². The first-order valence-electron chi connectivity index (χ1n) is 8.46. The largest absolute Gasteiger partial charge is 0.447 e. The lowest BCUT2D eigenvalue weighted by Crippen LogP contribution is -2.24. The molecule has 0 bridgehead atoms. The van der Waals surface area contributed by atoms with Crippen molar-refractivity contribution in [3.63, 3.8) is 0 Å². The van der Waals surface area contributed by atoms with Gasteiger partial charge in [-0.1, -0.05) is 0 Å². The lowest BCUT2D eigenvalue weighted by Gasteiger charge is -2.09. The van der Waals surface area contributed by atoms with E-state index in [2.05, 4.69) is 25.9 Å². The molecule has 10 heteroatoms. The molecule has 0 atom stereocenters. The molecule has 3 N–H and O–H groups in total. The third kappa shape index (κ3) is 4.34. The van der Waals surface area contributed by atoms with Crippen LogP contribution in [0.3, 0.4) is 0 Å². The molecule has 0 radical (unpaired) electrons. The Morgan fingerprint density at radius 3 is 2.68 bits per heavy atom. The molecule has 9 nitrogen and oxygen atoms in total. The quantitative estimate of drug-likeness (QED) is 0.638. The second kappa shape index (κ2) is 7.91. The van der Waals surface area contributed by atoms with E-state index in [1.54, 1.807) is 30.6 Å². The third-order valence-electron chi connectivity index (χ3n) is 3.63. The Morgan fingerprint density at radius 1 is 1.18 bits per heavy atom. The fourth-order valence-corrected chi connectivity index (χ4v) is 2.43. The van der Waals surface area contributed by atoms with E-state index in [9.17, 15) is 14.0 Å². The summed E-state index contributed by atoms with van der Waals surface area (Å²) in [5.41, 5.74) is 1.35. The highest BCUT2D eigenvalue weighted by molar-refractivity contribution is 5.90. The maximum Gasteiger partial charge on any atom is 0.411 e. The Balaban J connectivity index is 1.89. The van der Waals surface area contributed by atoms with Crippen LogP contribution in [0, 0.1) is 5.82 Å². The van der Waals surface area contributed by atoms with E-state index in [4.69, 9.17) is 4.74 Å². The number of nitrogens with zero attached hydrogens (tertiary/aromatic N) is 3. The Morgan fingerprint density at radius 2 is 1.96 bits per heavy atom. The maximum absolute atomic E-state index is 14.3. The normalized spacial score (nSPS) is 10.8. The van der Waals surface area contributed by atoms with Gasteiger partial charge in [0.25, 0.3) is 0 Å². The van der Waals surface area contributed by atoms with Crippen LogP contribution in [0.2, 0.25) is 0 Å². The minimum Gasteiger partial charge on any atom is -0.447 e. The number of hydrogen-bond donors (Lipinski definition) is 3. The number of imidazole rings is 1. The molecule has 3 rings (SSSR count). The standard InChI is InChI=1S/C18H19FN6O3/c1-10(2)28-18(27)23-12-7-21-16-24-15(9-25(16)8-12)13-6-11(4-5-14(13)19)22-17(26)20-3/h4-10H,1-3H3,(H,23,27)(H2,20,22,26). The van der Waals surface area contributed by atoms with E-state index >= 15 is 0 Å². The molecular weight excluding hydrogens is 367 g/mol. The molecule has 0 aliphatic rings. The van der Waals surface area contributed by atoms with Gasteiger partial charge >= 0.3 is 12.1 Å². The van der Waals surface area contributed by atoms with Crippen molar-refractivity contribution in [3.8, 4) is 11.3 Å². The van der Waals surface area contributed by atoms with Gasteiger partial charge in [-0.2, -0.15) is 0 Å². The topological polar surface area (TPSA) is 110 Å². The van der Waals surface area contributed by atoms with Crippen molar-refractivity contribution in [2.45, 2.75) is 20.0 Å². The van der Waals surface area contributed by atoms with E-state index in [1.165, 1.54) is 31.4 Å². The monoisotopic (exact) mass is 386 g/mol. The lowest BCUT2D eigenvalue weighted by molar-refractivity contribution is 0.130. The average molecular weight is 386 g/mol. The van der Waals surface area contributed by atoms with Gasteiger partial charge in [-0.05, 0) is 32.0 Å². The van der Waals surface area contributed by atoms with Crippen molar-refractivity contribution >= 4 is 29.3 Å². The number of amides is 3. The van der Waals surface area contributed by atoms with Crippen molar-refractivity contribution in [1.82, 2.24) is 19.7 Å². The van der Waals surface area contributed by atoms with Gasteiger partial charge in [0.1, 0.15) is 5.82 Å². The predicted octanol–water partition coefficient (Wildman–Crippen LogP) is 3.24. The highest BCUT2D eigenvalue weighted by Crippen LogP contribution is 2.26.